The second-order valence-corrected chi connectivity index (χ2v) is 11.7. The van der Waals surface area contributed by atoms with Crippen molar-refractivity contribution in [2.75, 3.05) is 13.2 Å². The monoisotopic (exact) mass is 567 g/mol. The van der Waals surface area contributed by atoms with Crippen LogP contribution in [0.15, 0.2) is 31.1 Å². The van der Waals surface area contributed by atoms with Crippen molar-refractivity contribution in [1.82, 2.24) is 0 Å². The third-order valence-electron chi connectivity index (χ3n) is 6.93. The van der Waals surface area contributed by atoms with Crippen LogP contribution in [0.2, 0.25) is 0 Å². The molecule has 2 unspecified atom stereocenters. The van der Waals surface area contributed by atoms with Gasteiger partial charge in [0.2, 0.25) is 0 Å². The van der Waals surface area contributed by atoms with Crippen molar-refractivity contribution in [2.24, 2.45) is 11.8 Å². The lowest BCUT2D eigenvalue weighted by atomic mass is 10.0. The average molecular weight is 568 g/mol. The van der Waals surface area contributed by atoms with Gasteiger partial charge in [0.1, 0.15) is 21.9 Å². The van der Waals surface area contributed by atoms with Gasteiger partial charge in [-0.2, -0.15) is 15.8 Å². The summed E-state index contributed by atoms with van der Waals surface area (Å²) in [6, 6.07) is 6.04. The summed E-state index contributed by atoms with van der Waals surface area (Å²) in [6.07, 6.45) is 8.58. The molecule has 208 valence electrons. The van der Waals surface area contributed by atoms with Gasteiger partial charge in [-0.1, -0.05) is 66.2 Å². The number of thioether (sulfide) groups is 2. The van der Waals surface area contributed by atoms with Crippen LogP contribution in [0.4, 0.5) is 0 Å². The Kier molecular flexibility index (Phi) is 11.8. The molecule has 39 heavy (non-hydrogen) atoms. The predicted molar refractivity (Wildman–Crippen MR) is 154 cm³/mol. The molecule has 0 aromatic heterocycles. The first-order valence-electron chi connectivity index (χ1n) is 13.8. The summed E-state index contributed by atoms with van der Waals surface area (Å²) < 4.78 is 25.3. The fraction of sp³-hybridized carbons (Fsp3) is 0.567. The van der Waals surface area contributed by atoms with Gasteiger partial charge >= 0.3 is 0 Å². The Morgan fingerprint density at radius 2 is 1.21 bits per heavy atom. The van der Waals surface area contributed by atoms with Gasteiger partial charge in [-0.3, -0.25) is 0 Å². The molecule has 1 aromatic rings. The van der Waals surface area contributed by atoms with Gasteiger partial charge in [0.05, 0.1) is 24.9 Å². The molecule has 0 spiro atoms. The van der Waals surface area contributed by atoms with E-state index in [4.69, 9.17) is 18.9 Å². The lowest BCUT2D eigenvalue weighted by Crippen LogP contribution is -2.13. The summed E-state index contributed by atoms with van der Waals surface area (Å²) in [5.74, 6) is 2.69. The number of rotatable bonds is 14. The number of fused-ring (bicyclic) bond motifs is 2. The molecule has 0 fully saturated rings. The molecule has 9 heteroatoms. The van der Waals surface area contributed by atoms with Gasteiger partial charge in [0.25, 0.3) is 0 Å². The van der Waals surface area contributed by atoms with Crippen LogP contribution in [-0.2, 0) is 0 Å². The van der Waals surface area contributed by atoms with Gasteiger partial charge < -0.3 is 18.9 Å². The van der Waals surface area contributed by atoms with E-state index < -0.39 is 0 Å². The highest BCUT2D eigenvalue weighted by molar-refractivity contribution is 8.04. The lowest BCUT2D eigenvalue weighted by molar-refractivity contribution is 0.208. The van der Waals surface area contributed by atoms with Crippen molar-refractivity contribution < 1.29 is 18.9 Å². The minimum atomic E-state index is -0.105. The van der Waals surface area contributed by atoms with Crippen LogP contribution in [0.5, 0.6) is 23.0 Å². The SMILES string of the molecule is CCCCC(CC)COc1c2c(c(OCC(CC)CCCC)c3c1SC(=C(C#N)C#N)O3)S/C(=C(/C)C#N)O2. The molecule has 0 saturated carbocycles. The minimum Gasteiger partial charge on any atom is -0.488 e. The molecule has 0 bridgehead atoms. The van der Waals surface area contributed by atoms with Crippen LogP contribution in [0.1, 0.15) is 86.0 Å². The van der Waals surface area contributed by atoms with E-state index >= 15 is 0 Å². The van der Waals surface area contributed by atoms with E-state index in [0.29, 0.717) is 68.5 Å². The van der Waals surface area contributed by atoms with Crippen LogP contribution in [0.25, 0.3) is 0 Å². The molecule has 0 amide bonds. The number of unbranched alkanes of at least 4 members (excludes halogenated alkanes) is 2. The number of benzene rings is 1. The van der Waals surface area contributed by atoms with Gasteiger partial charge in [-0.25, -0.2) is 0 Å². The Labute approximate surface area is 241 Å². The molecular formula is C30H37N3O4S2. The quantitative estimate of drug-likeness (QED) is 0.204. The Hall–Kier alpha value is -2.93. The summed E-state index contributed by atoms with van der Waals surface area (Å²) in [4.78, 5) is 1.32. The highest BCUT2D eigenvalue weighted by Gasteiger charge is 2.40. The Morgan fingerprint density at radius 1 is 0.744 bits per heavy atom. The standard InChI is InChI=1S/C30H37N3O4S2/c1-6-10-12-20(8-3)17-34-23-25-27(38-29(36-25)19(5)14-31)24(35-18-21(9-4)13-11-7-2)26-28(23)39-30(37-26)22(15-32)16-33/h20-21H,6-13,17-18H2,1-5H3/b29-19-. The number of allylic oxidation sites excluding steroid dienone is 2. The normalized spacial score (nSPS) is 16.0. The lowest BCUT2D eigenvalue weighted by Gasteiger charge is -2.21. The molecule has 0 radical (unpaired) electrons. The van der Waals surface area contributed by atoms with Crippen molar-refractivity contribution in [3.8, 4) is 41.2 Å². The fourth-order valence-corrected chi connectivity index (χ4v) is 6.24. The van der Waals surface area contributed by atoms with Gasteiger partial charge in [-0.05, 0) is 55.1 Å². The second kappa shape index (κ2) is 15.0. The van der Waals surface area contributed by atoms with E-state index in [1.54, 1.807) is 6.92 Å². The van der Waals surface area contributed by atoms with Crippen molar-refractivity contribution in [2.45, 2.75) is 95.8 Å². The smallest absolute Gasteiger partial charge is 0.194 e. The molecule has 2 heterocycles. The Balaban J connectivity index is 2.12. The van der Waals surface area contributed by atoms with Crippen LogP contribution in [0, 0.1) is 45.8 Å². The summed E-state index contributed by atoms with van der Waals surface area (Å²) in [6.45, 7) is 11.4. The van der Waals surface area contributed by atoms with Crippen molar-refractivity contribution >= 4 is 23.5 Å². The zero-order valence-corrected chi connectivity index (χ0v) is 25.1. The van der Waals surface area contributed by atoms with Crippen LogP contribution in [-0.4, -0.2) is 13.2 Å². The van der Waals surface area contributed by atoms with Crippen molar-refractivity contribution in [3.63, 3.8) is 0 Å². The maximum atomic E-state index is 9.55. The first kappa shape index (κ1) is 30.6. The van der Waals surface area contributed by atoms with E-state index in [2.05, 4.69) is 33.8 Å². The van der Waals surface area contributed by atoms with Crippen molar-refractivity contribution in [3.05, 3.63) is 21.3 Å². The molecule has 2 aliphatic rings. The largest absolute Gasteiger partial charge is 0.488 e. The molecule has 0 saturated heterocycles. The third-order valence-corrected chi connectivity index (χ3v) is 9.13. The summed E-state index contributed by atoms with van der Waals surface area (Å²) in [7, 11) is 0. The van der Waals surface area contributed by atoms with Crippen LogP contribution >= 0.6 is 23.5 Å². The summed E-state index contributed by atoms with van der Waals surface area (Å²) in [5, 5.41) is 29.3. The zero-order valence-electron chi connectivity index (χ0n) is 23.5. The van der Waals surface area contributed by atoms with E-state index in [1.807, 2.05) is 12.1 Å². The van der Waals surface area contributed by atoms with E-state index in [1.165, 1.54) is 23.5 Å². The van der Waals surface area contributed by atoms with Gasteiger partial charge in [0.15, 0.2) is 38.8 Å². The predicted octanol–water partition coefficient (Wildman–Crippen LogP) is 8.86. The summed E-state index contributed by atoms with van der Waals surface area (Å²) >= 11 is 2.51. The van der Waals surface area contributed by atoms with Gasteiger partial charge in [0, 0.05) is 0 Å². The maximum Gasteiger partial charge on any atom is 0.194 e. The van der Waals surface area contributed by atoms with Crippen LogP contribution < -0.4 is 18.9 Å². The topological polar surface area (TPSA) is 108 Å². The molecule has 7 nitrogen and oxygen atoms in total. The Bertz CT molecular complexity index is 1160. The zero-order chi connectivity index (χ0) is 28.4. The van der Waals surface area contributed by atoms with E-state index in [0.717, 1.165) is 51.4 Å². The highest BCUT2D eigenvalue weighted by Crippen LogP contribution is 2.65. The number of ether oxygens (including phenoxy) is 4. The number of hydrogen-bond acceptors (Lipinski definition) is 9. The molecular weight excluding hydrogens is 530 g/mol. The molecule has 3 rings (SSSR count). The minimum absolute atomic E-state index is 0.105. The molecule has 0 N–H and O–H groups in total. The number of nitrogens with zero attached hydrogens (tertiary/aromatic N) is 3. The van der Waals surface area contributed by atoms with Crippen LogP contribution in [0.3, 0.4) is 0 Å². The molecule has 2 atom stereocenters. The molecule has 2 aliphatic heterocycles. The summed E-state index contributed by atoms with van der Waals surface area (Å²) in [5.41, 5.74) is 0.355. The fourth-order valence-electron chi connectivity index (χ4n) is 4.28. The van der Waals surface area contributed by atoms with E-state index in [9.17, 15) is 15.8 Å². The van der Waals surface area contributed by atoms with E-state index in [-0.39, 0.29) is 10.7 Å². The number of nitriles is 3. The number of hydrogen-bond donors (Lipinski definition) is 0. The van der Waals surface area contributed by atoms with Crippen molar-refractivity contribution in [1.29, 1.82) is 15.8 Å². The maximum absolute atomic E-state index is 9.55. The molecule has 1 aromatic carbocycles. The third kappa shape index (κ3) is 7.18. The first-order valence-corrected chi connectivity index (χ1v) is 15.5. The first-order chi connectivity index (χ1) is 19.0. The Morgan fingerprint density at radius 3 is 1.62 bits per heavy atom. The average Bonchev–Trinajstić information content (AvgIpc) is 3.59. The second-order valence-electron chi connectivity index (χ2n) is 9.75. The van der Waals surface area contributed by atoms with Gasteiger partial charge in [-0.15, -0.1) is 0 Å². The molecule has 0 aliphatic carbocycles. The highest BCUT2D eigenvalue weighted by atomic mass is 32.2.